The molecule has 1 heterocycles. The standard InChI is InChI=1S/C14H19N3/c15-11-12-6-7-14(13(16)10-12)17-8-4-2-1-3-5-9-17/h6-7,10H,1-5,8-9,16H2. The average molecular weight is 229 g/mol. The van der Waals surface area contributed by atoms with Gasteiger partial charge in [-0.25, -0.2) is 0 Å². The molecule has 0 atom stereocenters. The van der Waals surface area contributed by atoms with Gasteiger partial charge in [0.25, 0.3) is 0 Å². The summed E-state index contributed by atoms with van der Waals surface area (Å²) in [6, 6.07) is 7.73. The number of nitrogens with two attached hydrogens (primary N) is 1. The second-order valence-corrected chi connectivity index (χ2v) is 4.64. The predicted molar refractivity (Wildman–Crippen MR) is 70.9 cm³/mol. The lowest BCUT2D eigenvalue weighted by molar-refractivity contribution is 0.557. The number of hydrogen-bond acceptors (Lipinski definition) is 3. The van der Waals surface area contributed by atoms with E-state index in [0.29, 0.717) is 5.56 Å². The Kier molecular flexibility index (Phi) is 3.87. The van der Waals surface area contributed by atoms with E-state index in [1.165, 1.54) is 32.1 Å². The summed E-state index contributed by atoms with van der Waals surface area (Å²) in [7, 11) is 0. The molecule has 17 heavy (non-hydrogen) atoms. The molecule has 1 fully saturated rings. The zero-order valence-corrected chi connectivity index (χ0v) is 10.2. The van der Waals surface area contributed by atoms with Crippen molar-refractivity contribution < 1.29 is 0 Å². The quantitative estimate of drug-likeness (QED) is 0.753. The van der Waals surface area contributed by atoms with Crippen molar-refractivity contribution >= 4 is 11.4 Å². The van der Waals surface area contributed by atoms with Crippen LogP contribution in [-0.2, 0) is 0 Å². The summed E-state index contributed by atoms with van der Waals surface area (Å²) in [6.45, 7) is 2.16. The summed E-state index contributed by atoms with van der Waals surface area (Å²) in [5.74, 6) is 0. The molecule has 0 amide bonds. The summed E-state index contributed by atoms with van der Waals surface area (Å²) < 4.78 is 0. The zero-order valence-electron chi connectivity index (χ0n) is 10.2. The summed E-state index contributed by atoms with van der Waals surface area (Å²) in [5, 5.41) is 8.83. The van der Waals surface area contributed by atoms with Crippen LogP contribution in [0.1, 0.15) is 37.7 Å². The zero-order chi connectivity index (χ0) is 12.1. The van der Waals surface area contributed by atoms with Gasteiger partial charge in [-0.3, -0.25) is 0 Å². The molecule has 0 aromatic heterocycles. The first-order valence-electron chi connectivity index (χ1n) is 6.36. The highest BCUT2D eigenvalue weighted by Crippen LogP contribution is 2.26. The first-order valence-corrected chi connectivity index (χ1v) is 6.36. The van der Waals surface area contributed by atoms with Crippen LogP contribution in [0.2, 0.25) is 0 Å². The number of rotatable bonds is 1. The SMILES string of the molecule is N#Cc1ccc(N2CCCCCCC2)c(N)c1. The van der Waals surface area contributed by atoms with Gasteiger partial charge in [-0.1, -0.05) is 19.3 Å². The van der Waals surface area contributed by atoms with Gasteiger partial charge in [0, 0.05) is 13.1 Å². The predicted octanol–water partition coefficient (Wildman–Crippen LogP) is 2.91. The fraction of sp³-hybridized carbons (Fsp3) is 0.500. The van der Waals surface area contributed by atoms with Gasteiger partial charge in [0.15, 0.2) is 0 Å². The molecule has 1 aromatic carbocycles. The van der Waals surface area contributed by atoms with E-state index in [1.54, 1.807) is 6.07 Å². The van der Waals surface area contributed by atoms with E-state index >= 15 is 0 Å². The average Bonchev–Trinajstić information content (AvgIpc) is 2.29. The Bertz CT molecular complexity index is 412. The summed E-state index contributed by atoms with van der Waals surface area (Å²) in [6.07, 6.45) is 6.45. The van der Waals surface area contributed by atoms with Crippen molar-refractivity contribution in [2.24, 2.45) is 0 Å². The van der Waals surface area contributed by atoms with Crippen molar-refractivity contribution in [3.05, 3.63) is 23.8 Å². The molecule has 3 heteroatoms. The highest BCUT2D eigenvalue weighted by atomic mass is 15.1. The summed E-state index contributed by atoms with van der Waals surface area (Å²) in [5.41, 5.74) is 8.48. The van der Waals surface area contributed by atoms with Crippen LogP contribution in [0.5, 0.6) is 0 Å². The van der Waals surface area contributed by atoms with E-state index in [0.717, 1.165) is 24.5 Å². The Hall–Kier alpha value is -1.69. The smallest absolute Gasteiger partial charge is 0.0992 e. The van der Waals surface area contributed by atoms with Gasteiger partial charge < -0.3 is 10.6 Å². The van der Waals surface area contributed by atoms with Gasteiger partial charge in [0.1, 0.15) is 0 Å². The first-order chi connectivity index (χ1) is 8.31. The third-order valence-electron chi connectivity index (χ3n) is 3.35. The number of anilines is 2. The molecule has 0 spiro atoms. The lowest BCUT2D eigenvalue weighted by atomic mass is 10.1. The lowest BCUT2D eigenvalue weighted by Gasteiger charge is -2.28. The maximum Gasteiger partial charge on any atom is 0.0992 e. The Morgan fingerprint density at radius 2 is 1.71 bits per heavy atom. The molecule has 1 aliphatic heterocycles. The molecule has 1 saturated heterocycles. The normalized spacial score (nSPS) is 17.0. The topological polar surface area (TPSA) is 53.0 Å². The van der Waals surface area contributed by atoms with Crippen LogP contribution in [0.15, 0.2) is 18.2 Å². The minimum Gasteiger partial charge on any atom is -0.397 e. The number of nitrogen functional groups attached to an aromatic ring is 1. The van der Waals surface area contributed by atoms with Crippen LogP contribution in [-0.4, -0.2) is 13.1 Å². The number of nitrogens with zero attached hydrogens (tertiary/aromatic N) is 2. The minimum atomic E-state index is 0.637. The second-order valence-electron chi connectivity index (χ2n) is 4.64. The molecule has 0 saturated carbocycles. The molecular weight excluding hydrogens is 210 g/mol. The monoisotopic (exact) mass is 229 g/mol. The maximum absolute atomic E-state index is 8.83. The van der Waals surface area contributed by atoms with Gasteiger partial charge in [-0.2, -0.15) is 5.26 Å². The van der Waals surface area contributed by atoms with Crippen LogP contribution >= 0.6 is 0 Å². The van der Waals surface area contributed by atoms with Crippen molar-refractivity contribution in [3.63, 3.8) is 0 Å². The van der Waals surface area contributed by atoms with Crippen molar-refractivity contribution in [1.29, 1.82) is 5.26 Å². The van der Waals surface area contributed by atoms with Gasteiger partial charge in [0.05, 0.1) is 23.0 Å². The molecule has 90 valence electrons. The molecule has 0 unspecified atom stereocenters. The van der Waals surface area contributed by atoms with Crippen LogP contribution in [0, 0.1) is 11.3 Å². The fourth-order valence-electron chi connectivity index (χ4n) is 2.40. The molecule has 2 rings (SSSR count). The Balaban J connectivity index is 2.17. The van der Waals surface area contributed by atoms with Crippen LogP contribution in [0.25, 0.3) is 0 Å². The van der Waals surface area contributed by atoms with Gasteiger partial charge in [-0.05, 0) is 31.0 Å². The summed E-state index contributed by atoms with van der Waals surface area (Å²) >= 11 is 0. The van der Waals surface area contributed by atoms with Crippen LogP contribution in [0.4, 0.5) is 11.4 Å². The molecule has 1 aliphatic rings. The highest BCUT2D eigenvalue weighted by Gasteiger charge is 2.11. The van der Waals surface area contributed by atoms with Crippen LogP contribution in [0.3, 0.4) is 0 Å². The Morgan fingerprint density at radius 1 is 1.06 bits per heavy atom. The van der Waals surface area contributed by atoms with E-state index in [1.807, 2.05) is 12.1 Å². The fourth-order valence-corrected chi connectivity index (χ4v) is 2.40. The second kappa shape index (κ2) is 5.58. The highest BCUT2D eigenvalue weighted by molar-refractivity contribution is 5.69. The Morgan fingerprint density at radius 3 is 2.29 bits per heavy atom. The molecule has 2 N–H and O–H groups in total. The van der Waals surface area contributed by atoms with E-state index < -0.39 is 0 Å². The van der Waals surface area contributed by atoms with Crippen molar-refractivity contribution in [1.82, 2.24) is 0 Å². The molecule has 1 aromatic rings. The van der Waals surface area contributed by atoms with Gasteiger partial charge in [0.2, 0.25) is 0 Å². The number of hydrogen-bond donors (Lipinski definition) is 1. The number of benzene rings is 1. The number of nitriles is 1. The molecule has 0 radical (unpaired) electrons. The third-order valence-corrected chi connectivity index (χ3v) is 3.35. The minimum absolute atomic E-state index is 0.637. The largest absolute Gasteiger partial charge is 0.397 e. The molecule has 0 aliphatic carbocycles. The van der Waals surface area contributed by atoms with Crippen molar-refractivity contribution in [2.45, 2.75) is 32.1 Å². The van der Waals surface area contributed by atoms with E-state index in [4.69, 9.17) is 11.0 Å². The van der Waals surface area contributed by atoms with Crippen LogP contribution < -0.4 is 10.6 Å². The third kappa shape index (κ3) is 2.91. The van der Waals surface area contributed by atoms with Crippen molar-refractivity contribution in [2.75, 3.05) is 23.7 Å². The lowest BCUT2D eigenvalue weighted by Crippen LogP contribution is -2.27. The molecule has 3 nitrogen and oxygen atoms in total. The van der Waals surface area contributed by atoms with E-state index in [2.05, 4.69) is 11.0 Å². The van der Waals surface area contributed by atoms with Gasteiger partial charge >= 0.3 is 0 Å². The summed E-state index contributed by atoms with van der Waals surface area (Å²) in [4.78, 5) is 2.36. The Labute approximate surface area is 103 Å². The first kappa shape index (κ1) is 11.8. The molecule has 0 bridgehead atoms. The van der Waals surface area contributed by atoms with Crippen molar-refractivity contribution in [3.8, 4) is 6.07 Å². The van der Waals surface area contributed by atoms with E-state index in [9.17, 15) is 0 Å². The molecular formula is C14H19N3. The van der Waals surface area contributed by atoms with E-state index in [-0.39, 0.29) is 0 Å². The maximum atomic E-state index is 8.83. The van der Waals surface area contributed by atoms with Gasteiger partial charge in [-0.15, -0.1) is 0 Å².